The summed E-state index contributed by atoms with van der Waals surface area (Å²) in [6.45, 7) is -0.340. The Bertz CT molecular complexity index is 131. The summed E-state index contributed by atoms with van der Waals surface area (Å²) in [4.78, 5) is 0. The maximum Gasteiger partial charge on any atom is 0.425 e. The molecular formula is C4H4F6OY. The van der Waals surface area contributed by atoms with Crippen LogP contribution >= 0.6 is 0 Å². The van der Waals surface area contributed by atoms with E-state index in [1.807, 2.05) is 0 Å². The van der Waals surface area contributed by atoms with Crippen LogP contribution in [0.15, 0.2) is 0 Å². The Kier molecular flexibility index (Phi) is 4.79. The molecule has 1 N–H and O–H groups in total. The average molecular weight is 271 g/mol. The molecule has 1 nitrogen and oxygen atoms in total. The summed E-state index contributed by atoms with van der Waals surface area (Å²) in [5.41, 5.74) is -4.62. The molecule has 71 valence electrons. The fourth-order valence-corrected chi connectivity index (χ4v) is 0.161. The second-order valence-electron chi connectivity index (χ2n) is 2.07. The Balaban J connectivity index is 0. The van der Waals surface area contributed by atoms with Gasteiger partial charge in [0.25, 0.3) is 5.60 Å². The molecule has 12 heavy (non-hydrogen) atoms. The normalized spacial score (nSPS) is 14.0. The topological polar surface area (TPSA) is 20.2 Å². The van der Waals surface area contributed by atoms with Gasteiger partial charge in [0, 0.05) is 32.7 Å². The molecule has 0 bridgehead atoms. The molecule has 0 unspecified atom stereocenters. The van der Waals surface area contributed by atoms with Crippen molar-refractivity contribution in [2.45, 2.75) is 24.9 Å². The molecule has 0 saturated carbocycles. The minimum absolute atomic E-state index is 0. The fraction of sp³-hybridized carbons (Fsp3) is 1.00. The van der Waals surface area contributed by atoms with E-state index in [1.54, 1.807) is 0 Å². The Morgan fingerprint density at radius 3 is 1.00 bits per heavy atom. The SMILES string of the molecule is CC(O)(C(F)(F)F)C(F)(F)F.[Y]. The van der Waals surface area contributed by atoms with Crippen LogP contribution in [0, 0.1) is 0 Å². The van der Waals surface area contributed by atoms with Gasteiger partial charge < -0.3 is 5.11 Å². The van der Waals surface area contributed by atoms with Gasteiger partial charge in [-0.1, -0.05) is 0 Å². The third-order valence-corrected chi connectivity index (χ3v) is 1.10. The minimum atomic E-state index is -5.69. The summed E-state index contributed by atoms with van der Waals surface area (Å²) in [6.07, 6.45) is -11.4. The minimum Gasteiger partial charge on any atom is -0.374 e. The third kappa shape index (κ3) is 2.85. The quantitative estimate of drug-likeness (QED) is 0.667. The van der Waals surface area contributed by atoms with Crippen LogP contribution in [-0.2, 0) is 32.7 Å². The van der Waals surface area contributed by atoms with Crippen LogP contribution in [0.1, 0.15) is 6.92 Å². The van der Waals surface area contributed by atoms with Gasteiger partial charge in [0.05, 0.1) is 0 Å². The van der Waals surface area contributed by atoms with E-state index in [4.69, 9.17) is 5.11 Å². The molecule has 0 aromatic carbocycles. The van der Waals surface area contributed by atoms with Crippen LogP contribution in [0.25, 0.3) is 0 Å². The van der Waals surface area contributed by atoms with Gasteiger partial charge in [-0.15, -0.1) is 0 Å². The van der Waals surface area contributed by atoms with Crippen molar-refractivity contribution in [2.75, 3.05) is 0 Å². The van der Waals surface area contributed by atoms with Gasteiger partial charge >= 0.3 is 12.4 Å². The van der Waals surface area contributed by atoms with Gasteiger partial charge in [-0.25, -0.2) is 0 Å². The number of aliphatic hydroxyl groups is 1. The van der Waals surface area contributed by atoms with Gasteiger partial charge in [-0.2, -0.15) is 26.3 Å². The van der Waals surface area contributed by atoms with E-state index in [0.717, 1.165) is 0 Å². The van der Waals surface area contributed by atoms with Crippen molar-refractivity contribution in [1.82, 2.24) is 0 Å². The monoisotopic (exact) mass is 271 g/mol. The van der Waals surface area contributed by atoms with Gasteiger partial charge in [0.2, 0.25) is 0 Å². The average Bonchev–Trinajstić information content (AvgIpc) is 1.58. The largest absolute Gasteiger partial charge is 0.425 e. The van der Waals surface area contributed by atoms with E-state index in [2.05, 4.69) is 0 Å². The number of rotatable bonds is 0. The smallest absolute Gasteiger partial charge is 0.374 e. The van der Waals surface area contributed by atoms with E-state index >= 15 is 0 Å². The molecule has 0 aliphatic rings. The Morgan fingerprint density at radius 2 is 1.00 bits per heavy atom. The zero-order valence-electron chi connectivity index (χ0n) is 5.79. The first-order chi connectivity index (χ1) is 4.50. The summed E-state index contributed by atoms with van der Waals surface area (Å²) in [5, 5.41) is 7.94. The van der Waals surface area contributed by atoms with Gasteiger partial charge in [0.1, 0.15) is 0 Å². The maximum atomic E-state index is 11.4. The first-order valence-electron chi connectivity index (χ1n) is 2.36. The van der Waals surface area contributed by atoms with E-state index in [0.29, 0.717) is 0 Å². The second-order valence-corrected chi connectivity index (χ2v) is 2.07. The second kappa shape index (κ2) is 3.80. The number of hydrogen-bond donors (Lipinski definition) is 1. The summed E-state index contributed by atoms with van der Waals surface area (Å²) in [7, 11) is 0. The zero-order valence-corrected chi connectivity index (χ0v) is 8.63. The van der Waals surface area contributed by atoms with Crippen molar-refractivity contribution in [1.29, 1.82) is 0 Å². The molecule has 1 radical (unpaired) electrons. The van der Waals surface area contributed by atoms with Crippen molar-refractivity contribution >= 4 is 0 Å². The van der Waals surface area contributed by atoms with Crippen molar-refractivity contribution < 1.29 is 64.2 Å². The Hall–Kier alpha value is 0.644. The predicted octanol–water partition coefficient (Wildman–Crippen LogP) is 1.86. The molecule has 0 saturated heterocycles. The van der Waals surface area contributed by atoms with Gasteiger partial charge in [0.15, 0.2) is 0 Å². The molecule has 0 aliphatic heterocycles. The molecule has 0 amide bonds. The summed E-state index contributed by atoms with van der Waals surface area (Å²) in [6, 6.07) is 0. The van der Waals surface area contributed by atoms with Crippen molar-refractivity contribution in [3.05, 3.63) is 0 Å². The van der Waals surface area contributed by atoms with Crippen molar-refractivity contribution in [2.24, 2.45) is 0 Å². The van der Waals surface area contributed by atoms with Gasteiger partial charge in [-0.05, 0) is 6.92 Å². The van der Waals surface area contributed by atoms with E-state index in [-0.39, 0.29) is 39.6 Å². The van der Waals surface area contributed by atoms with Gasteiger partial charge in [-0.3, -0.25) is 0 Å². The molecule has 0 fully saturated rings. The molecule has 8 heteroatoms. The number of halogens is 6. The summed E-state index contributed by atoms with van der Waals surface area (Å²) < 4.78 is 68.2. The van der Waals surface area contributed by atoms with Crippen LogP contribution in [-0.4, -0.2) is 23.1 Å². The third-order valence-electron chi connectivity index (χ3n) is 1.10. The summed E-state index contributed by atoms with van der Waals surface area (Å²) >= 11 is 0. The molecule has 0 spiro atoms. The molecule has 0 aromatic heterocycles. The molecular weight excluding hydrogens is 267 g/mol. The number of hydrogen-bond acceptors (Lipinski definition) is 1. The van der Waals surface area contributed by atoms with E-state index in [9.17, 15) is 26.3 Å². The molecule has 0 rings (SSSR count). The van der Waals surface area contributed by atoms with Crippen LogP contribution in [0.5, 0.6) is 0 Å². The first kappa shape index (κ1) is 15.1. The standard InChI is InChI=1S/C4H4F6O.Y/c1-2(11,3(5,6)7)4(8,9)10;/h11H,1H3;. The molecule has 0 atom stereocenters. The number of alkyl halides is 6. The van der Waals surface area contributed by atoms with E-state index < -0.39 is 18.0 Å². The zero-order chi connectivity index (χ0) is 9.50. The van der Waals surface area contributed by atoms with Crippen molar-refractivity contribution in [3.63, 3.8) is 0 Å². The molecule has 0 aromatic rings. The van der Waals surface area contributed by atoms with Crippen molar-refractivity contribution in [3.8, 4) is 0 Å². The molecule has 0 aliphatic carbocycles. The Labute approximate surface area is 89.0 Å². The summed E-state index contributed by atoms with van der Waals surface area (Å²) in [5.74, 6) is 0. The van der Waals surface area contributed by atoms with Crippen LogP contribution in [0.2, 0.25) is 0 Å². The molecule has 0 heterocycles. The van der Waals surface area contributed by atoms with E-state index in [1.165, 1.54) is 0 Å². The van der Waals surface area contributed by atoms with Crippen LogP contribution in [0.4, 0.5) is 26.3 Å². The maximum absolute atomic E-state index is 11.4. The van der Waals surface area contributed by atoms with Crippen LogP contribution in [0.3, 0.4) is 0 Å². The first-order valence-corrected chi connectivity index (χ1v) is 2.36. The Morgan fingerprint density at radius 1 is 0.833 bits per heavy atom. The predicted molar refractivity (Wildman–Crippen MR) is 22.7 cm³/mol. The van der Waals surface area contributed by atoms with Crippen LogP contribution < -0.4 is 0 Å². The fourth-order valence-electron chi connectivity index (χ4n) is 0.161.